The van der Waals surface area contributed by atoms with E-state index < -0.39 is 8.38 Å². The molecule has 0 fully saturated rings. The van der Waals surface area contributed by atoms with Crippen molar-refractivity contribution in [3.8, 4) is 0 Å². The van der Waals surface area contributed by atoms with Gasteiger partial charge in [0.05, 0.1) is 0 Å². The Bertz CT molecular complexity index is 261. The number of rotatable bonds is 4. The first-order chi connectivity index (χ1) is 6.25. The number of unbranched alkanes of at least 4 members (excludes halogenated alkanes) is 1. The zero-order chi connectivity index (χ0) is 9.68. The smallest absolute Gasteiger partial charge is 0.199 e. The van der Waals surface area contributed by atoms with Crippen LogP contribution in [0.25, 0.3) is 0 Å². The summed E-state index contributed by atoms with van der Waals surface area (Å²) in [5.74, 6) is 0. The summed E-state index contributed by atoms with van der Waals surface area (Å²) in [5, 5.41) is 0.700. The molecule has 2 N–H and O–H groups in total. The Balaban J connectivity index is 2.78. The van der Waals surface area contributed by atoms with Crippen molar-refractivity contribution in [3.63, 3.8) is 0 Å². The van der Waals surface area contributed by atoms with E-state index in [1.165, 1.54) is 0 Å². The molecule has 0 aliphatic rings. The van der Waals surface area contributed by atoms with Crippen molar-refractivity contribution >= 4 is 13.7 Å². The quantitative estimate of drug-likeness (QED) is 0.726. The van der Waals surface area contributed by atoms with Crippen LogP contribution < -0.4 is 5.30 Å². The van der Waals surface area contributed by atoms with Crippen LogP contribution >= 0.6 is 8.38 Å². The Labute approximate surface area is 80.2 Å². The van der Waals surface area contributed by atoms with Gasteiger partial charge in [0.15, 0.2) is 8.38 Å². The van der Waals surface area contributed by atoms with Crippen molar-refractivity contribution in [3.05, 3.63) is 29.8 Å². The van der Waals surface area contributed by atoms with Gasteiger partial charge in [-0.3, -0.25) is 0 Å². The van der Waals surface area contributed by atoms with Gasteiger partial charge in [-0.15, -0.1) is 0 Å². The minimum atomic E-state index is -1.93. The van der Waals surface area contributed by atoms with E-state index in [1.54, 1.807) is 6.07 Å². The van der Waals surface area contributed by atoms with Crippen LogP contribution in [-0.4, -0.2) is 9.79 Å². The molecule has 3 heteroatoms. The Morgan fingerprint density at radius 2 is 1.92 bits per heavy atom. The topological polar surface area (TPSA) is 40.5 Å². The molecule has 0 saturated carbocycles. The standard InChI is InChI=1S/C10H15O2P/c1-2-3-6-9-7-4-5-8-10(9)13(11)12/h4-5,7-8,11-12H,2-3,6H2,1H3. The van der Waals surface area contributed by atoms with Crippen LogP contribution in [0.15, 0.2) is 24.3 Å². The zero-order valence-corrected chi connectivity index (χ0v) is 8.67. The van der Waals surface area contributed by atoms with Crippen LogP contribution in [-0.2, 0) is 6.42 Å². The van der Waals surface area contributed by atoms with Crippen molar-refractivity contribution in [2.75, 3.05) is 0 Å². The molecule has 1 aromatic rings. The molecular weight excluding hydrogens is 183 g/mol. The van der Waals surface area contributed by atoms with Crippen molar-refractivity contribution < 1.29 is 9.79 Å². The van der Waals surface area contributed by atoms with Crippen LogP contribution in [0.4, 0.5) is 0 Å². The Morgan fingerprint density at radius 1 is 1.23 bits per heavy atom. The monoisotopic (exact) mass is 198 g/mol. The molecule has 0 aromatic heterocycles. The minimum Gasteiger partial charge on any atom is -0.347 e. The molecule has 0 radical (unpaired) electrons. The van der Waals surface area contributed by atoms with Crippen molar-refractivity contribution in [1.82, 2.24) is 0 Å². The van der Waals surface area contributed by atoms with E-state index in [4.69, 9.17) is 9.79 Å². The van der Waals surface area contributed by atoms with E-state index >= 15 is 0 Å². The maximum Gasteiger partial charge on any atom is 0.199 e. The molecule has 0 spiro atoms. The van der Waals surface area contributed by atoms with E-state index in [0.29, 0.717) is 5.30 Å². The average molecular weight is 198 g/mol. The molecule has 1 rings (SSSR count). The molecule has 13 heavy (non-hydrogen) atoms. The first kappa shape index (κ1) is 10.6. The van der Waals surface area contributed by atoms with Crippen molar-refractivity contribution in [1.29, 1.82) is 0 Å². The fourth-order valence-corrected chi connectivity index (χ4v) is 1.95. The summed E-state index contributed by atoms with van der Waals surface area (Å²) >= 11 is 0. The largest absolute Gasteiger partial charge is 0.347 e. The van der Waals surface area contributed by atoms with E-state index in [-0.39, 0.29) is 0 Å². The number of hydrogen-bond donors (Lipinski definition) is 2. The molecule has 0 unspecified atom stereocenters. The van der Waals surface area contributed by atoms with Gasteiger partial charge in [-0.25, -0.2) is 0 Å². The van der Waals surface area contributed by atoms with Crippen LogP contribution in [0.5, 0.6) is 0 Å². The number of aryl methyl sites for hydroxylation is 1. The number of benzene rings is 1. The molecule has 2 nitrogen and oxygen atoms in total. The fourth-order valence-electron chi connectivity index (χ4n) is 1.28. The van der Waals surface area contributed by atoms with E-state index in [0.717, 1.165) is 24.8 Å². The van der Waals surface area contributed by atoms with Gasteiger partial charge < -0.3 is 9.79 Å². The van der Waals surface area contributed by atoms with Gasteiger partial charge in [0.1, 0.15) is 0 Å². The van der Waals surface area contributed by atoms with E-state index in [2.05, 4.69) is 6.92 Å². The minimum absolute atomic E-state index is 0.700. The molecule has 0 atom stereocenters. The first-order valence-corrected chi connectivity index (χ1v) is 5.76. The predicted molar refractivity (Wildman–Crippen MR) is 56.0 cm³/mol. The van der Waals surface area contributed by atoms with Crippen LogP contribution in [0.2, 0.25) is 0 Å². The van der Waals surface area contributed by atoms with Crippen molar-refractivity contribution in [2.45, 2.75) is 26.2 Å². The van der Waals surface area contributed by atoms with Crippen molar-refractivity contribution in [2.24, 2.45) is 0 Å². The summed E-state index contributed by atoms with van der Waals surface area (Å²) in [6.07, 6.45) is 3.16. The lowest BCUT2D eigenvalue weighted by Crippen LogP contribution is -2.07. The highest BCUT2D eigenvalue weighted by Gasteiger charge is 2.08. The SMILES string of the molecule is CCCCc1ccccc1P(O)O. The second-order valence-electron chi connectivity index (χ2n) is 3.02. The molecule has 0 saturated heterocycles. The summed E-state index contributed by atoms with van der Waals surface area (Å²) in [5.41, 5.74) is 1.07. The molecule has 0 amide bonds. The van der Waals surface area contributed by atoms with Gasteiger partial charge >= 0.3 is 0 Å². The van der Waals surface area contributed by atoms with Crippen LogP contribution in [0.1, 0.15) is 25.3 Å². The molecule has 0 heterocycles. The highest BCUT2D eigenvalue weighted by molar-refractivity contribution is 7.54. The lowest BCUT2D eigenvalue weighted by molar-refractivity contribution is 0.496. The summed E-state index contributed by atoms with van der Waals surface area (Å²) in [6, 6.07) is 7.53. The lowest BCUT2D eigenvalue weighted by atomic mass is 10.1. The second-order valence-corrected chi connectivity index (χ2v) is 4.08. The first-order valence-electron chi connectivity index (χ1n) is 4.51. The fraction of sp³-hybridized carbons (Fsp3) is 0.400. The van der Waals surface area contributed by atoms with Crippen LogP contribution in [0, 0.1) is 0 Å². The van der Waals surface area contributed by atoms with Gasteiger partial charge in [-0.05, 0) is 24.5 Å². The van der Waals surface area contributed by atoms with Gasteiger partial charge in [-0.1, -0.05) is 31.5 Å². The molecule has 0 aliphatic heterocycles. The lowest BCUT2D eigenvalue weighted by Gasteiger charge is -2.08. The molecule has 0 aliphatic carbocycles. The third kappa shape index (κ3) is 3.07. The molecule has 0 bridgehead atoms. The predicted octanol–water partition coefficient (Wildman–Crippen LogP) is 1.95. The Kier molecular flexibility index (Phi) is 4.37. The average Bonchev–Trinajstić information content (AvgIpc) is 2.15. The third-order valence-electron chi connectivity index (χ3n) is 2.01. The van der Waals surface area contributed by atoms with E-state index in [1.807, 2.05) is 18.2 Å². The van der Waals surface area contributed by atoms with Gasteiger partial charge in [-0.2, -0.15) is 0 Å². The highest BCUT2D eigenvalue weighted by Crippen LogP contribution is 2.24. The zero-order valence-electron chi connectivity index (χ0n) is 7.77. The summed E-state index contributed by atoms with van der Waals surface area (Å²) in [4.78, 5) is 18.2. The molecular formula is C10H15O2P. The molecule has 72 valence electrons. The molecule has 1 aromatic carbocycles. The van der Waals surface area contributed by atoms with Crippen LogP contribution in [0.3, 0.4) is 0 Å². The number of hydrogen-bond acceptors (Lipinski definition) is 2. The summed E-state index contributed by atoms with van der Waals surface area (Å²) in [7, 11) is -1.93. The van der Waals surface area contributed by atoms with E-state index in [9.17, 15) is 0 Å². The highest BCUT2D eigenvalue weighted by atomic mass is 31.2. The Morgan fingerprint density at radius 3 is 2.54 bits per heavy atom. The van der Waals surface area contributed by atoms with Gasteiger partial charge in [0.2, 0.25) is 0 Å². The van der Waals surface area contributed by atoms with Gasteiger partial charge in [0, 0.05) is 5.30 Å². The second kappa shape index (κ2) is 5.33. The summed E-state index contributed by atoms with van der Waals surface area (Å²) in [6.45, 7) is 2.13. The third-order valence-corrected chi connectivity index (χ3v) is 2.87. The maximum absolute atomic E-state index is 9.12. The maximum atomic E-state index is 9.12. The Hall–Kier alpha value is -0.430. The normalized spacial score (nSPS) is 10.8. The summed E-state index contributed by atoms with van der Waals surface area (Å²) < 4.78 is 0. The van der Waals surface area contributed by atoms with Gasteiger partial charge in [0.25, 0.3) is 0 Å².